The molecular weight excluding hydrogens is 935 g/mol. The SMILES string of the molecule is CCCCCCCCCCCCC/C=C\C/C=C\CCCCCCCCCCCCCCCCCCCC(=O)NC(COC1OC(CO)C(O)C(O)C1O)C(O)CCCCCCCCCCCCCCCCCCC. The van der Waals surface area contributed by atoms with E-state index in [0.717, 1.165) is 44.9 Å². The summed E-state index contributed by atoms with van der Waals surface area (Å²) in [6.45, 7) is 3.88. The van der Waals surface area contributed by atoms with Crippen molar-refractivity contribution >= 4 is 5.91 Å². The van der Waals surface area contributed by atoms with Crippen LogP contribution in [-0.4, -0.2) is 87.5 Å². The molecular formula is C66H127NO8. The van der Waals surface area contributed by atoms with E-state index < -0.39 is 49.5 Å². The molecule has 1 rings (SSSR count). The van der Waals surface area contributed by atoms with Crippen LogP contribution in [0.15, 0.2) is 24.3 Å². The Kier molecular flexibility index (Phi) is 53.5. The third kappa shape index (κ3) is 45.1. The molecule has 0 aromatic rings. The highest BCUT2D eigenvalue weighted by atomic mass is 16.7. The smallest absolute Gasteiger partial charge is 0.220 e. The van der Waals surface area contributed by atoms with Crippen molar-refractivity contribution in [3.63, 3.8) is 0 Å². The number of carbonyl (C=O) groups is 1. The molecule has 444 valence electrons. The van der Waals surface area contributed by atoms with Gasteiger partial charge in [0.15, 0.2) is 6.29 Å². The van der Waals surface area contributed by atoms with Crippen molar-refractivity contribution < 1.29 is 39.8 Å². The second-order valence-corrected chi connectivity index (χ2v) is 23.3. The third-order valence-corrected chi connectivity index (χ3v) is 16.1. The van der Waals surface area contributed by atoms with E-state index in [4.69, 9.17) is 9.47 Å². The maximum Gasteiger partial charge on any atom is 0.220 e. The molecule has 0 spiro atoms. The lowest BCUT2D eigenvalue weighted by molar-refractivity contribution is -0.302. The number of rotatable bonds is 58. The molecule has 7 atom stereocenters. The van der Waals surface area contributed by atoms with Gasteiger partial charge >= 0.3 is 0 Å². The molecule has 0 aromatic carbocycles. The molecule has 9 heteroatoms. The first-order valence-corrected chi connectivity index (χ1v) is 33.0. The number of nitrogens with one attached hydrogen (secondary N) is 1. The van der Waals surface area contributed by atoms with Crippen molar-refractivity contribution in [1.82, 2.24) is 5.32 Å². The van der Waals surface area contributed by atoms with Crippen LogP contribution in [0.2, 0.25) is 0 Å². The molecule has 9 nitrogen and oxygen atoms in total. The lowest BCUT2D eigenvalue weighted by atomic mass is 9.99. The van der Waals surface area contributed by atoms with Crippen LogP contribution in [0.25, 0.3) is 0 Å². The Balaban J connectivity index is 2.08. The molecule has 1 aliphatic heterocycles. The summed E-state index contributed by atoms with van der Waals surface area (Å²) < 4.78 is 11.3. The zero-order valence-electron chi connectivity index (χ0n) is 49.6. The first kappa shape index (κ1) is 71.7. The molecule has 7 unspecified atom stereocenters. The Morgan fingerprint density at radius 1 is 0.453 bits per heavy atom. The van der Waals surface area contributed by atoms with E-state index in [9.17, 15) is 30.3 Å². The predicted octanol–water partition coefficient (Wildman–Crippen LogP) is 17.3. The molecule has 0 saturated carbocycles. The van der Waals surface area contributed by atoms with Crippen molar-refractivity contribution in [1.29, 1.82) is 0 Å². The molecule has 6 N–H and O–H groups in total. The first-order chi connectivity index (χ1) is 36.8. The van der Waals surface area contributed by atoms with Gasteiger partial charge in [0.05, 0.1) is 25.4 Å². The third-order valence-electron chi connectivity index (χ3n) is 16.1. The fourth-order valence-corrected chi connectivity index (χ4v) is 10.8. The van der Waals surface area contributed by atoms with Crippen LogP contribution in [0.5, 0.6) is 0 Å². The summed E-state index contributed by atoms with van der Waals surface area (Å²) in [5, 5.41) is 54.8. The Hall–Kier alpha value is -1.33. The summed E-state index contributed by atoms with van der Waals surface area (Å²) in [6.07, 6.45) is 65.2. The number of allylic oxidation sites excluding steroid dienone is 4. The largest absolute Gasteiger partial charge is 0.394 e. The van der Waals surface area contributed by atoms with Crippen molar-refractivity contribution in [2.75, 3.05) is 13.2 Å². The highest BCUT2D eigenvalue weighted by Gasteiger charge is 2.44. The monoisotopic (exact) mass is 1060 g/mol. The van der Waals surface area contributed by atoms with E-state index in [1.807, 2.05) is 0 Å². The van der Waals surface area contributed by atoms with Crippen LogP contribution in [0, 0.1) is 0 Å². The minimum absolute atomic E-state index is 0.134. The zero-order chi connectivity index (χ0) is 54.3. The topological polar surface area (TPSA) is 149 Å². The molecule has 0 bridgehead atoms. The molecule has 1 heterocycles. The van der Waals surface area contributed by atoms with Crippen LogP contribution < -0.4 is 5.32 Å². The minimum atomic E-state index is -1.55. The number of aliphatic hydroxyl groups is 5. The van der Waals surface area contributed by atoms with Crippen LogP contribution in [0.3, 0.4) is 0 Å². The van der Waals surface area contributed by atoms with Gasteiger partial charge in [-0.15, -0.1) is 0 Å². The molecule has 1 saturated heterocycles. The minimum Gasteiger partial charge on any atom is -0.394 e. The molecule has 75 heavy (non-hydrogen) atoms. The van der Waals surface area contributed by atoms with E-state index in [2.05, 4.69) is 43.5 Å². The lowest BCUT2D eigenvalue weighted by Crippen LogP contribution is -2.60. The number of unbranched alkanes of at least 4 members (excludes halogenated alkanes) is 44. The van der Waals surface area contributed by atoms with Crippen LogP contribution in [0.1, 0.15) is 335 Å². The van der Waals surface area contributed by atoms with Crippen molar-refractivity contribution in [3.8, 4) is 0 Å². The number of amides is 1. The van der Waals surface area contributed by atoms with E-state index in [0.29, 0.717) is 12.8 Å². The maximum atomic E-state index is 13.1. The van der Waals surface area contributed by atoms with Gasteiger partial charge in [-0.2, -0.15) is 0 Å². The van der Waals surface area contributed by atoms with Crippen LogP contribution >= 0.6 is 0 Å². The van der Waals surface area contributed by atoms with Gasteiger partial charge in [0, 0.05) is 6.42 Å². The van der Waals surface area contributed by atoms with E-state index in [-0.39, 0.29) is 12.5 Å². The lowest BCUT2D eigenvalue weighted by Gasteiger charge is -2.40. The number of ether oxygens (including phenoxy) is 2. The Bertz CT molecular complexity index is 1230. The molecule has 0 aliphatic carbocycles. The highest BCUT2D eigenvalue weighted by Crippen LogP contribution is 2.24. The molecule has 0 radical (unpaired) electrons. The Morgan fingerprint density at radius 2 is 0.787 bits per heavy atom. The Labute approximate surface area is 464 Å². The molecule has 1 aliphatic rings. The average molecular weight is 1060 g/mol. The van der Waals surface area contributed by atoms with Gasteiger partial charge in [-0.1, -0.05) is 308 Å². The number of hydrogen-bond acceptors (Lipinski definition) is 8. The fourth-order valence-electron chi connectivity index (χ4n) is 10.8. The second kappa shape index (κ2) is 56.0. The number of hydrogen-bond donors (Lipinski definition) is 6. The van der Waals surface area contributed by atoms with Gasteiger partial charge < -0.3 is 40.3 Å². The van der Waals surface area contributed by atoms with Crippen molar-refractivity contribution in [2.24, 2.45) is 0 Å². The van der Waals surface area contributed by atoms with Gasteiger partial charge in [-0.25, -0.2) is 0 Å². The van der Waals surface area contributed by atoms with E-state index in [1.54, 1.807) is 0 Å². The van der Waals surface area contributed by atoms with Gasteiger partial charge in [-0.05, 0) is 44.9 Å². The average Bonchev–Trinajstić information content (AvgIpc) is 3.41. The van der Waals surface area contributed by atoms with Gasteiger partial charge in [0.1, 0.15) is 24.4 Å². The zero-order valence-corrected chi connectivity index (χ0v) is 49.6. The van der Waals surface area contributed by atoms with E-state index in [1.165, 1.54) is 263 Å². The highest BCUT2D eigenvalue weighted by molar-refractivity contribution is 5.76. The normalized spacial score (nSPS) is 18.9. The number of aliphatic hydroxyl groups excluding tert-OH is 5. The standard InChI is InChI=1S/C66H127NO8/c1-3-5-7-9-11-13-15-17-19-21-22-23-24-25-26-27-28-29-30-31-32-33-34-35-36-37-38-40-42-44-46-48-50-52-54-56-62(70)67-59(58-74-66-65(73)64(72)63(71)61(57-68)75-66)60(69)55-53-51-49-47-45-43-41-39-20-18-16-14-12-10-8-6-4-2/h24-25,27-28,59-61,63-66,68-69,71-73H,3-23,26,29-58H2,1-2H3,(H,67,70)/b25-24-,28-27-. The van der Waals surface area contributed by atoms with Crippen molar-refractivity contribution in [2.45, 2.75) is 378 Å². The summed E-state index contributed by atoms with van der Waals surface area (Å²) >= 11 is 0. The quantitative estimate of drug-likeness (QED) is 0.0261. The molecule has 1 fully saturated rings. The summed E-state index contributed by atoms with van der Waals surface area (Å²) in [6, 6.07) is -0.717. The molecule has 1 amide bonds. The summed E-state index contributed by atoms with van der Waals surface area (Å²) in [5.74, 6) is -0.138. The summed E-state index contributed by atoms with van der Waals surface area (Å²) in [4.78, 5) is 13.1. The first-order valence-electron chi connectivity index (χ1n) is 33.0. The van der Waals surface area contributed by atoms with Crippen LogP contribution in [0.4, 0.5) is 0 Å². The summed E-state index contributed by atoms with van der Waals surface area (Å²) in [5.41, 5.74) is 0. The fraction of sp³-hybridized carbons (Fsp3) is 0.924. The second-order valence-electron chi connectivity index (χ2n) is 23.3. The number of carbonyl (C=O) groups excluding carboxylic acids is 1. The predicted molar refractivity (Wildman–Crippen MR) is 318 cm³/mol. The van der Waals surface area contributed by atoms with Gasteiger partial charge in [0.2, 0.25) is 5.91 Å². The van der Waals surface area contributed by atoms with Crippen molar-refractivity contribution in [3.05, 3.63) is 24.3 Å². The van der Waals surface area contributed by atoms with Gasteiger partial charge in [0.25, 0.3) is 0 Å². The summed E-state index contributed by atoms with van der Waals surface area (Å²) in [7, 11) is 0. The maximum absolute atomic E-state index is 13.1. The Morgan fingerprint density at radius 3 is 1.15 bits per heavy atom. The van der Waals surface area contributed by atoms with E-state index >= 15 is 0 Å². The van der Waals surface area contributed by atoms with Crippen LogP contribution in [-0.2, 0) is 14.3 Å². The molecule has 0 aromatic heterocycles. The van der Waals surface area contributed by atoms with Gasteiger partial charge in [-0.3, -0.25) is 4.79 Å².